The Balaban J connectivity index is 2.21. The molecule has 1 aromatic rings. The van der Waals surface area contributed by atoms with Gasteiger partial charge < -0.3 is 4.57 Å². The quantitative estimate of drug-likeness (QED) is 0.831. The Morgan fingerprint density at radius 1 is 1.25 bits per heavy atom. The molecule has 0 N–H and O–H groups in total. The zero-order valence-corrected chi connectivity index (χ0v) is 12.7. The Bertz CT molecular complexity index is 586. The van der Waals surface area contributed by atoms with Crippen molar-refractivity contribution in [2.45, 2.75) is 52.7 Å². The predicted molar refractivity (Wildman–Crippen MR) is 78.3 cm³/mol. The lowest BCUT2D eigenvalue weighted by Gasteiger charge is -2.36. The van der Waals surface area contributed by atoms with Gasteiger partial charge in [-0.3, -0.25) is 14.8 Å². The molecule has 0 spiro atoms. The van der Waals surface area contributed by atoms with Gasteiger partial charge in [-0.1, -0.05) is 0 Å². The summed E-state index contributed by atoms with van der Waals surface area (Å²) in [7, 11) is 0. The van der Waals surface area contributed by atoms with Crippen molar-refractivity contribution in [1.29, 1.82) is 0 Å². The Labute approximate surface area is 119 Å². The van der Waals surface area contributed by atoms with Crippen LogP contribution < -0.4 is 4.90 Å². The normalized spacial score (nSPS) is 21.6. The van der Waals surface area contributed by atoms with Gasteiger partial charge in [-0.25, -0.2) is 9.78 Å². The van der Waals surface area contributed by atoms with Crippen molar-refractivity contribution in [3.05, 3.63) is 12.0 Å². The van der Waals surface area contributed by atoms with Crippen LogP contribution in [0.15, 0.2) is 11.3 Å². The van der Waals surface area contributed by atoms with Crippen LogP contribution in [0.3, 0.4) is 0 Å². The van der Waals surface area contributed by atoms with E-state index in [0.717, 1.165) is 17.3 Å². The fourth-order valence-electron chi connectivity index (χ4n) is 2.84. The van der Waals surface area contributed by atoms with Crippen LogP contribution in [0.4, 0.5) is 10.6 Å². The summed E-state index contributed by atoms with van der Waals surface area (Å²) < 4.78 is 2.05. The van der Waals surface area contributed by atoms with E-state index in [9.17, 15) is 4.79 Å². The minimum atomic E-state index is 0.0120. The number of urea groups is 1. The van der Waals surface area contributed by atoms with Crippen LogP contribution in [0.1, 0.15) is 46.4 Å². The molecule has 6 nitrogen and oxygen atoms in total. The highest BCUT2D eigenvalue weighted by Crippen LogP contribution is 2.34. The smallest absolute Gasteiger partial charge is 0.314 e. The number of anilines is 1. The van der Waals surface area contributed by atoms with E-state index in [2.05, 4.69) is 28.4 Å². The molecule has 20 heavy (non-hydrogen) atoms. The van der Waals surface area contributed by atoms with Gasteiger partial charge in [0.05, 0.1) is 18.9 Å². The van der Waals surface area contributed by atoms with E-state index in [1.807, 2.05) is 32.0 Å². The topological polar surface area (TPSA) is 53.7 Å². The molecular weight excluding hydrogens is 254 g/mol. The van der Waals surface area contributed by atoms with E-state index >= 15 is 0 Å². The number of imidazole rings is 1. The number of aromatic nitrogens is 2. The second-order valence-electron chi connectivity index (χ2n) is 6.08. The summed E-state index contributed by atoms with van der Waals surface area (Å²) in [4.78, 5) is 25.5. The van der Waals surface area contributed by atoms with Crippen LogP contribution in [-0.2, 0) is 0 Å². The highest BCUT2D eigenvalue weighted by atomic mass is 16.2. The van der Waals surface area contributed by atoms with Crippen molar-refractivity contribution in [1.82, 2.24) is 14.5 Å². The van der Waals surface area contributed by atoms with E-state index in [-0.39, 0.29) is 24.2 Å². The molecule has 2 aliphatic heterocycles. The molecule has 6 heteroatoms. The predicted octanol–water partition coefficient (Wildman–Crippen LogP) is 2.26. The SMILES string of the molecule is CC(C)N1C(=O)N2C[C@@H](C)N=C2c2ncn(C(C)C)c21. The number of aliphatic imine (C=N–C) groups is 1. The zero-order chi connectivity index (χ0) is 14.6. The summed E-state index contributed by atoms with van der Waals surface area (Å²) >= 11 is 0. The van der Waals surface area contributed by atoms with Gasteiger partial charge in [0.1, 0.15) is 11.5 Å². The Morgan fingerprint density at radius 2 is 1.95 bits per heavy atom. The summed E-state index contributed by atoms with van der Waals surface area (Å²) in [6.45, 7) is 10.9. The Morgan fingerprint density at radius 3 is 2.55 bits per heavy atom. The lowest BCUT2D eigenvalue weighted by atomic mass is 10.2. The molecule has 3 rings (SSSR count). The number of amidine groups is 1. The summed E-state index contributed by atoms with van der Waals surface area (Å²) in [6.07, 6.45) is 1.81. The van der Waals surface area contributed by atoms with Gasteiger partial charge >= 0.3 is 6.03 Å². The summed E-state index contributed by atoms with van der Waals surface area (Å²) in [5, 5.41) is 0. The van der Waals surface area contributed by atoms with Crippen LogP contribution in [0, 0.1) is 0 Å². The van der Waals surface area contributed by atoms with Gasteiger partial charge in [-0.05, 0) is 34.6 Å². The lowest BCUT2D eigenvalue weighted by Crippen LogP contribution is -2.53. The second kappa shape index (κ2) is 4.33. The van der Waals surface area contributed by atoms with Crippen molar-refractivity contribution < 1.29 is 4.79 Å². The van der Waals surface area contributed by atoms with Crippen LogP contribution in [0.25, 0.3) is 0 Å². The van der Waals surface area contributed by atoms with Crippen molar-refractivity contribution in [2.24, 2.45) is 4.99 Å². The van der Waals surface area contributed by atoms with Crippen molar-refractivity contribution >= 4 is 17.7 Å². The molecule has 2 aliphatic rings. The molecule has 0 aromatic carbocycles. The molecule has 1 atom stereocenters. The average Bonchev–Trinajstić information content (AvgIpc) is 2.91. The van der Waals surface area contributed by atoms with E-state index in [1.54, 1.807) is 4.90 Å². The first-order valence-corrected chi connectivity index (χ1v) is 7.17. The lowest BCUT2D eigenvalue weighted by molar-refractivity contribution is 0.225. The molecule has 0 aliphatic carbocycles. The second-order valence-corrected chi connectivity index (χ2v) is 6.08. The van der Waals surface area contributed by atoms with Crippen LogP contribution in [0.5, 0.6) is 0 Å². The molecule has 0 bridgehead atoms. The van der Waals surface area contributed by atoms with Crippen LogP contribution >= 0.6 is 0 Å². The van der Waals surface area contributed by atoms with Gasteiger partial charge in [-0.15, -0.1) is 0 Å². The minimum Gasteiger partial charge on any atom is -0.314 e. The van der Waals surface area contributed by atoms with Gasteiger partial charge in [0.25, 0.3) is 0 Å². The van der Waals surface area contributed by atoms with Gasteiger partial charge in [-0.2, -0.15) is 0 Å². The monoisotopic (exact) mass is 275 g/mol. The van der Waals surface area contributed by atoms with E-state index in [0.29, 0.717) is 6.54 Å². The molecule has 1 aromatic heterocycles. The third-order valence-corrected chi connectivity index (χ3v) is 3.76. The minimum absolute atomic E-state index is 0.0120. The molecular formula is C14H21N5O. The van der Waals surface area contributed by atoms with E-state index in [4.69, 9.17) is 0 Å². The standard InChI is InChI=1S/C14H21N5O/c1-8(2)18-7-15-11-12-16-10(5)6-17(12)14(20)19(9(3)4)13(11)18/h7-10H,6H2,1-5H3/t10-/m1/s1. The molecule has 0 radical (unpaired) electrons. The van der Waals surface area contributed by atoms with Crippen LogP contribution in [-0.4, -0.2) is 44.9 Å². The third kappa shape index (κ3) is 1.67. The average molecular weight is 275 g/mol. The molecule has 108 valence electrons. The number of rotatable bonds is 2. The number of hydrogen-bond donors (Lipinski definition) is 0. The Hall–Kier alpha value is -1.85. The molecule has 0 saturated heterocycles. The number of nitrogens with zero attached hydrogens (tertiary/aromatic N) is 5. The summed E-state index contributed by atoms with van der Waals surface area (Å²) in [5.41, 5.74) is 0.830. The van der Waals surface area contributed by atoms with Gasteiger partial charge in [0.15, 0.2) is 5.84 Å². The van der Waals surface area contributed by atoms with Crippen molar-refractivity contribution in [2.75, 3.05) is 11.4 Å². The number of carbonyl (C=O) groups is 1. The van der Waals surface area contributed by atoms with Crippen molar-refractivity contribution in [3.63, 3.8) is 0 Å². The summed E-state index contributed by atoms with van der Waals surface area (Å²) in [6, 6.07) is 0.496. The van der Waals surface area contributed by atoms with Crippen LogP contribution in [0.2, 0.25) is 0 Å². The number of amides is 2. The molecule has 0 unspecified atom stereocenters. The van der Waals surface area contributed by atoms with Gasteiger partial charge in [0, 0.05) is 12.1 Å². The third-order valence-electron chi connectivity index (χ3n) is 3.76. The van der Waals surface area contributed by atoms with E-state index < -0.39 is 0 Å². The zero-order valence-electron chi connectivity index (χ0n) is 12.7. The largest absolute Gasteiger partial charge is 0.331 e. The van der Waals surface area contributed by atoms with E-state index in [1.165, 1.54) is 0 Å². The van der Waals surface area contributed by atoms with Gasteiger partial charge in [0.2, 0.25) is 0 Å². The highest BCUT2D eigenvalue weighted by Gasteiger charge is 2.43. The Kier molecular flexibility index (Phi) is 2.84. The number of hydrogen-bond acceptors (Lipinski definition) is 3. The fourth-order valence-corrected chi connectivity index (χ4v) is 2.84. The molecule has 3 heterocycles. The first-order valence-electron chi connectivity index (χ1n) is 7.17. The number of carbonyl (C=O) groups excluding carboxylic acids is 1. The molecule has 2 amide bonds. The maximum Gasteiger partial charge on any atom is 0.331 e. The fraction of sp³-hybridized carbons (Fsp3) is 0.643. The number of fused-ring (bicyclic) bond motifs is 3. The van der Waals surface area contributed by atoms with Crippen molar-refractivity contribution in [3.8, 4) is 0 Å². The molecule has 0 fully saturated rings. The molecule has 0 saturated carbocycles. The maximum absolute atomic E-state index is 12.8. The first-order chi connectivity index (χ1) is 9.41. The first kappa shape index (κ1) is 13.1. The maximum atomic E-state index is 12.8. The summed E-state index contributed by atoms with van der Waals surface area (Å²) in [5.74, 6) is 1.61. The highest BCUT2D eigenvalue weighted by molar-refractivity contribution is 6.18.